The molecule has 1 fully saturated rings. The van der Waals surface area contributed by atoms with E-state index in [0.717, 1.165) is 42.0 Å². The van der Waals surface area contributed by atoms with E-state index in [0.29, 0.717) is 25.2 Å². The molecule has 1 saturated heterocycles. The zero-order chi connectivity index (χ0) is 21.3. The number of likely N-dealkylation sites (N-methyl/N-ethyl adjacent to an activating group) is 1. The van der Waals surface area contributed by atoms with Crippen LogP contribution in [0.25, 0.3) is 0 Å². The van der Waals surface area contributed by atoms with Gasteiger partial charge in [-0.05, 0) is 57.4 Å². The van der Waals surface area contributed by atoms with Crippen LogP contribution in [0, 0.1) is 0 Å². The second-order valence-electron chi connectivity index (χ2n) is 8.87. The van der Waals surface area contributed by atoms with Gasteiger partial charge in [0.05, 0.1) is 17.7 Å². The van der Waals surface area contributed by atoms with Crippen LogP contribution < -0.4 is 20.3 Å². The van der Waals surface area contributed by atoms with E-state index >= 15 is 0 Å². The third-order valence-corrected chi connectivity index (χ3v) is 6.52. The minimum atomic E-state index is -0.511. The van der Waals surface area contributed by atoms with Crippen LogP contribution in [0.5, 0.6) is 5.75 Å². The molecule has 32 heavy (non-hydrogen) atoms. The topological polar surface area (TPSA) is 53.6 Å². The van der Waals surface area contributed by atoms with Gasteiger partial charge in [0.15, 0.2) is 0 Å². The van der Waals surface area contributed by atoms with E-state index < -0.39 is 5.41 Å². The van der Waals surface area contributed by atoms with Crippen molar-refractivity contribution in [2.24, 2.45) is 0 Å². The number of hydrogen-bond donors (Lipinski definition) is 2. The molecule has 0 radical (unpaired) electrons. The van der Waals surface area contributed by atoms with Crippen molar-refractivity contribution in [2.75, 3.05) is 25.1 Å². The zero-order valence-electron chi connectivity index (χ0n) is 19.3. The van der Waals surface area contributed by atoms with E-state index in [4.69, 9.17) is 4.74 Å². The number of amides is 1. The average molecular weight is 480 g/mol. The maximum atomic E-state index is 12.7. The van der Waals surface area contributed by atoms with Crippen molar-refractivity contribution in [3.63, 3.8) is 0 Å². The molecule has 7 heteroatoms. The first kappa shape index (κ1) is 26.5. The Morgan fingerprint density at radius 1 is 1.19 bits per heavy atom. The SMILES string of the molecule is CCOc1cc2c(cc1CN[C@H]1CCCN[C@H]1c1ccccc1)C(C)(C)C(=O)N2C.Cl.Cl. The van der Waals surface area contributed by atoms with Crippen LogP contribution in [0.2, 0.25) is 0 Å². The molecule has 2 N–H and O–H groups in total. The smallest absolute Gasteiger partial charge is 0.236 e. The lowest BCUT2D eigenvalue weighted by atomic mass is 9.85. The quantitative estimate of drug-likeness (QED) is 0.626. The highest BCUT2D eigenvalue weighted by atomic mass is 35.5. The number of carbonyl (C=O) groups excluding carboxylic acids is 1. The summed E-state index contributed by atoms with van der Waals surface area (Å²) in [5, 5.41) is 7.47. The fourth-order valence-corrected chi connectivity index (χ4v) is 4.82. The number of nitrogens with one attached hydrogen (secondary N) is 2. The zero-order valence-corrected chi connectivity index (χ0v) is 20.9. The highest BCUT2D eigenvalue weighted by Crippen LogP contribution is 2.44. The van der Waals surface area contributed by atoms with Crippen molar-refractivity contribution in [1.29, 1.82) is 0 Å². The molecular formula is C25H35Cl2N3O2. The van der Waals surface area contributed by atoms with E-state index in [1.807, 2.05) is 33.9 Å². The van der Waals surface area contributed by atoms with E-state index in [2.05, 4.69) is 47.0 Å². The average Bonchev–Trinajstić information content (AvgIpc) is 2.93. The van der Waals surface area contributed by atoms with Crippen LogP contribution in [-0.2, 0) is 16.8 Å². The van der Waals surface area contributed by atoms with Crippen molar-refractivity contribution >= 4 is 36.4 Å². The summed E-state index contributed by atoms with van der Waals surface area (Å²) in [6.45, 7) is 8.37. The summed E-state index contributed by atoms with van der Waals surface area (Å²) in [6, 6.07) is 15.5. The molecule has 2 aliphatic rings. The molecular weight excluding hydrogens is 445 g/mol. The molecule has 0 bridgehead atoms. The number of piperidine rings is 1. The number of rotatable bonds is 6. The van der Waals surface area contributed by atoms with Crippen LogP contribution in [0.15, 0.2) is 42.5 Å². The van der Waals surface area contributed by atoms with Gasteiger partial charge in [-0.25, -0.2) is 0 Å². The number of halogens is 2. The molecule has 2 atom stereocenters. The fraction of sp³-hybridized carbons (Fsp3) is 0.480. The predicted octanol–water partition coefficient (Wildman–Crippen LogP) is 4.77. The van der Waals surface area contributed by atoms with Gasteiger partial charge in [-0.1, -0.05) is 30.3 Å². The molecule has 2 aromatic rings. The number of carbonyl (C=O) groups is 1. The number of anilines is 1. The van der Waals surface area contributed by atoms with Crippen LogP contribution in [-0.4, -0.2) is 32.1 Å². The van der Waals surface area contributed by atoms with E-state index in [1.165, 1.54) is 5.56 Å². The van der Waals surface area contributed by atoms with Crippen molar-refractivity contribution in [3.8, 4) is 5.75 Å². The number of hydrogen-bond acceptors (Lipinski definition) is 4. The Morgan fingerprint density at radius 2 is 1.91 bits per heavy atom. The maximum Gasteiger partial charge on any atom is 0.236 e. The Labute approximate surface area is 204 Å². The van der Waals surface area contributed by atoms with E-state index in [1.54, 1.807) is 4.90 Å². The van der Waals surface area contributed by atoms with Gasteiger partial charge >= 0.3 is 0 Å². The lowest BCUT2D eigenvalue weighted by molar-refractivity contribution is -0.121. The Kier molecular flexibility index (Phi) is 9.00. The molecule has 0 spiro atoms. The second-order valence-corrected chi connectivity index (χ2v) is 8.87. The Bertz CT molecular complexity index is 921. The molecule has 0 saturated carbocycles. The van der Waals surface area contributed by atoms with Gasteiger partial charge in [-0.15, -0.1) is 24.8 Å². The Hall–Kier alpha value is -1.79. The molecule has 2 aromatic carbocycles. The highest BCUT2D eigenvalue weighted by molar-refractivity contribution is 6.07. The second kappa shape index (κ2) is 10.9. The first-order valence-electron chi connectivity index (χ1n) is 11.0. The van der Waals surface area contributed by atoms with Crippen LogP contribution in [0.1, 0.15) is 56.3 Å². The summed E-state index contributed by atoms with van der Waals surface area (Å²) >= 11 is 0. The fourth-order valence-electron chi connectivity index (χ4n) is 4.82. The van der Waals surface area contributed by atoms with E-state index in [9.17, 15) is 4.79 Å². The van der Waals surface area contributed by atoms with Crippen LogP contribution in [0.3, 0.4) is 0 Å². The van der Waals surface area contributed by atoms with Gasteiger partial charge in [-0.3, -0.25) is 4.79 Å². The third kappa shape index (κ3) is 4.91. The molecule has 0 aromatic heterocycles. The van der Waals surface area contributed by atoms with Crippen molar-refractivity contribution < 1.29 is 9.53 Å². The molecule has 176 valence electrons. The Balaban J connectivity index is 0.00000181. The van der Waals surface area contributed by atoms with Crippen molar-refractivity contribution in [3.05, 3.63) is 59.2 Å². The van der Waals surface area contributed by atoms with Gasteiger partial charge in [0.2, 0.25) is 5.91 Å². The first-order valence-corrected chi connectivity index (χ1v) is 11.0. The van der Waals surface area contributed by atoms with Crippen molar-refractivity contribution in [1.82, 2.24) is 10.6 Å². The minimum Gasteiger partial charge on any atom is -0.493 e. The number of fused-ring (bicyclic) bond motifs is 1. The van der Waals surface area contributed by atoms with Gasteiger partial charge in [-0.2, -0.15) is 0 Å². The number of benzene rings is 2. The lowest BCUT2D eigenvalue weighted by Gasteiger charge is -2.34. The number of ether oxygens (including phenoxy) is 1. The molecule has 2 aliphatic heterocycles. The summed E-state index contributed by atoms with van der Waals surface area (Å²) < 4.78 is 5.97. The predicted molar refractivity (Wildman–Crippen MR) is 136 cm³/mol. The Morgan fingerprint density at radius 3 is 2.59 bits per heavy atom. The van der Waals surface area contributed by atoms with Crippen LogP contribution in [0.4, 0.5) is 5.69 Å². The van der Waals surface area contributed by atoms with E-state index in [-0.39, 0.29) is 30.7 Å². The highest BCUT2D eigenvalue weighted by Gasteiger charge is 2.43. The van der Waals surface area contributed by atoms with Gasteiger partial charge in [0.1, 0.15) is 5.75 Å². The molecule has 2 heterocycles. The largest absolute Gasteiger partial charge is 0.493 e. The summed E-state index contributed by atoms with van der Waals surface area (Å²) in [6.07, 6.45) is 2.30. The molecule has 4 rings (SSSR count). The summed E-state index contributed by atoms with van der Waals surface area (Å²) in [5.74, 6) is 0.992. The third-order valence-electron chi connectivity index (χ3n) is 6.52. The summed E-state index contributed by atoms with van der Waals surface area (Å²) in [5.41, 5.74) is 3.96. The monoisotopic (exact) mass is 479 g/mol. The molecule has 1 amide bonds. The standard InChI is InChI=1S/C25H33N3O2.2ClH/c1-5-30-22-15-21-19(25(2,3)24(29)28(21)4)14-18(22)16-27-20-12-9-13-26-23(20)17-10-7-6-8-11-17;;/h6-8,10-11,14-15,20,23,26-27H,5,9,12-13,16H2,1-4H3;2*1H/t20-,23-;;/m0../s1. The van der Waals surface area contributed by atoms with Crippen molar-refractivity contribution in [2.45, 2.75) is 57.7 Å². The molecule has 5 nitrogen and oxygen atoms in total. The molecule has 0 unspecified atom stereocenters. The minimum absolute atomic E-state index is 0. The summed E-state index contributed by atoms with van der Waals surface area (Å²) in [4.78, 5) is 14.5. The van der Waals surface area contributed by atoms with Gasteiger partial charge < -0.3 is 20.3 Å². The summed E-state index contributed by atoms with van der Waals surface area (Å²) in [7, 11) is 1.85. The lowest BCUT2D eigenvalue weighted by Crippen LogP contribution is -2.45. The number of nitrogens with zero attached hydrogens (tertiary/aromatic N) is 1. The maximum absolute atomic E-state index is 12.7. The normalized spacial score (nSPS) is 21.4. The van der Waals surface area contributed by atoms with Gasteiger partial charge in [0, 0.05) is 37.3 Å². The molecule has 0 aliphatic carbocycles. The first-order chi connectivity index (χ1) is 14.4. The van der Waals surface area contributed by atoms with Gasteiger partial charge in [0.25, 0.3) is 0 Å². The van der Waals surface area contributed by atoms with Crippen LogP contribution >= 0.6 is 24.8 Å².